The zero-order chi connectivity index (χ0) is 13.2. The number of rotatable bonds is 2. The lowest BCUT2D eigenvalue weighted by Crippen LogP contribution is -2.22. The lowest BCUT2D eigenvalue weighted by atomic mass is 9.87. The summed E-state index contributed by atoms with van der Waals surface area (Å²) in [6.07, 6.45) is 0.906. The predicted octanol–water partition coefficient (Wildman–Crippen LogP) is 3.59. The van der Waals surface area contributed by atoms with Gasteiger partial charge in [0.1, 0.15) is 11.6 Å². The maximum Gasteiger partial charge on any atom is 0.123 e. The van der Waals surface area contributed by atoms with Crippen LogP contribution in [-0.2, 0) is 6.42 Å². The first-order valence-electron chi connectivity index (χ1n) is 6.43. The monoisotopic (exact) mass is 257 g/mol. The molecule has 1 N–H and O–H groups in total. The van der Waals surface area contributed by atoms with Gasteiger partial charge in [0.05, 0.1) is 7.11 Å². The molecule has 0 fully saturated rings. The van der Waals surface area contributed by atoms with E-state index in [1.807, 2.05) is 12.1 Å². The minimum Gasteiger partial charge on any atom is -0.496 e. The molecule has 0 saturated heterocycles. The van der Waals surface area contributed by atoms with Crippen molar-refractivity contribution in [2.24, 2.45) is 0 Å². The average molecular weight is 257 g/mol. The molecule has 2 aromatic carbocycles. The molecule has 0 radical (unpaired) electrons. The largest absolute Gasteiger partial charge is 0.496 e. The van der Waals surface area contributed by atoms with E-state index in [9.17, 15) is 4.39 Å². The summed E-state index contributed by atoms with van der Waals surface area (Å²) in [5.41, 5.74) is 3.38. The lowest BCUT2D eigenvalue weighted by Gasteiger charge is -2.27. The van der Waals surface area contributed by atoms with Crippen molar-refractivity contribution >= 4 is 5.69 Å². The second-order valence-electron chi connectivity index (χ2n) is 4.83. The third-order valence-electron chi connectivity index (χ3n) is 3.65. The van der Waals surface area contributed by atoms with E-state index in [1.165, 1.54) is 17.3 Å². The number of fused-ring (bicyclic) bond motifs is 1. The molecule has 1 unspecified atom stereocenters. The molecular formula is C16H16FNO. The van der Waals surface area contributed by atoms with Crippen LogP contribution in [0.2, 0.25) is 0 Å². The molecule has 1 aliphatic heterocycles. The van der Waals surface area contributed by atoms with Gasteiger partial charge >= 0.3 is 0 Å². The topological polar surface area (TPSA) is 21.3 Å². The van der Waals surface area contributed by atoms with E-state index in [1.54, 1.807) is 19.2 Å². The average Bonchev–Trinajstić information content (AvgIpc) is 2.46. The Morgan fingerprint density at radius 2 is 2.05 bits per heavy atom. The molecule has 98 valence electrons. The molecule has 0 amide bonds. The fraction of sp³-hybridized carbons (Fsp3) is 0.250. The Labute approximate surface area is 112 Å². The molecule has 2 nitrogen and oxygen atoms in total. The highest BCUT2D eigenvalue weighted by molar-refractivity contribution is 5.55. The summed E-state index contributed by atoms with van der Waals surface area (Å²) in [7, 11) is 1.63. The van der Waals surface area contributed by atoms with Crippen LogP contribution >= 0.6 is 0 Å². The van der Waals surface area contributed by atoms with E-state index in [0.717, 1.165) is 24.3 Å². The van der Waals surface area contributed by atoms with Crippen molar-refractivity contribution in [1.29, 1.82) is 0 Å². The number of anilines is 1. The summed E-state index contributed by atoms with van der Waals surface area (Å²) >= 11 is 0. The van der Waals surface area contributed by atoms with Crippen molar-refractivity contribution in [3.8, 4) is 5.75 Å². The maximum atomic E-state index is 13.5. The summed E-state index contributed by atoms with van der Waals surface area (Å²) in [6.45, 7) is 0.802. The van der Waals surface area contributed by atoms with E-state index in [-0.39, 0.29) is 11.7 Å². The summed E-state index contributed by atoms with van der Waals surface area (Å²) in [5.74, 6) is 0.780. The normalized spacial score (nSPS) is 17.5. The number of methoxy groups -OCH3 is 1. The number of hydrogen-bond donors (Lipinski definition) is 1. The van der Waals surface area contributed by atoms with Gasteiger partial charge in [-0.1, -0.05) is 18.2 Å². The molecule has 19 heavy (non-hydrogen) atoms. The summed E-state index contributed by atoms with van der Waals surface area (Å²) < 4.78 is 18.8. The summed E-state index contributed by atoms with van der Waals surface area (Å²) in [6, 6.07) is 13.0. The van der Waals surface area contributed by atoms with Gasteiger partial charge in [0, 0.05) is 23.7 Å². The molecule has 2 aromatic rings. The number of halogens is 1. The molecular weight excluding hydrogens is 241 g/mol. The van der Waals surface area contributed by atoms with E-state index in [2.05, 4.69) is 17.4 Å². The minimum atomic E-state index is -0.213. The lowest BCUT2D eigenvalue weighted by molar-refractivity contribution is 0.403. The van der Waals surface area contributed by atoms with Crippen molar-refractivity contribution in [1.82, 2.24) is 0 Å². The van der Waals surface area contributed by atoms with Crippen molar-refractivity contribution < 1.29 is 9.13 Å². The molecule has 0 bridgehead atoms. The van der Waals surface area contributed by atoms with Crippen LogP contribution in [0.3, 0.4) is 0 Å². The fourth-order valence-electron chi connectivity index (χ4n) is 2.69. The molecule has 1 aliphatic rings. The van der Waals surface area contributed by atoms with Crippen LogP contribution in [0, 0.1) is 5.82 Å². The molecule has 1 heterocycles. The number of benzene rings is 2. The second-order valence-corrected chi connectivity index (χ2v) is 4.83. The van der Waals surface area contributed by atoms with Gasteiger partial charge in [-0.05, 0) is 36.2 Å². The zero-order valence-electron chi connectivity index (χ0n) is 10.8. The Morgan fingerprint density at radius 3 is 2.89 bits per heavy atom. The summed E-state index contributed by atoms with van der Waals surface area (Å²) in [4.78, 5) is 0. The third kappa shape index (κ3) is 2.28. The quantitative estimate of drug-likeness (QED) is 0.887. The van der Waals surface area contributed by atoms with Crippen LogP contribution in [0.15, 0.2) is 42.5 Å². The standard InChI is InChI=1S/C16H16FNO/c1-19-16-7-6-13(17)9-14(16)12-8-11-4-2-3-5-15(11)18-10-12/h2-7,9,12,18H,8,10H2,1H3. The maximum absolute atomic E-state index is 13.5. The van der Waals surface area contributed by atoms with Crippen LogP contribution in [0.5, 0.6) is 5.75 Å². The van der Waals surface area contributed by atoms with Gasteiger partial charge < -0.3 is 10.1 Å². The van der Waals surface area contributed by atoms with Gasteiger partial charge in [0.25, 0.3) is 0 Å². The van der Waals surface area contributed by atoms with E-state index >= 15 is 0 Å². The molecule has 1 atom stereocenters. The van der Waals surface area contributed by atoms with Crippen molar-refractivity contribution in [2.75, 3.05) is 19.0 Å². The van der Waals surface area contributed by atoms with Crippen LogP contribution in [0.1, 0.15) is 17.0 Å². The molecule has 0 spiro atoms. The van der Waals surface area contributed by atoms with Crippen LogP contribution in [0.25, 0.3) is 0 Å². The molecule has 3 heteroatoms. The Kier molecular flexibility index (Phi) is 3.11. The van der Waals surface area contributed by atoms with Gasteiger partial charge in [-0.25, -0.2) is 4.39 Å². The number of nitrogens with one attached hydrogen (secondary N) is 1. The summed E-state index contributed by atoms with van der Waals surface area (Å²) in [5, 5.41) is 3.40. The first-order valence-corrected chi connectivity index (χ1v) is 6.43. The molecule has 0 aliphatic carbocycles. The molecule has 3 rings (SSSR count). The van der Waals surface area contributed by atoms with Crippen molar-refractivity contribution in [3.05, 3.63) is 59.4 Å². The highest BCUT2D eigenvalue weighted by Gasteiger charge is 2.22. The Balaban J connectivity index is 1.95. The zero-order valence-corrected chi connectivity index (χ0v) is 10.8. The SMILES string of the molecule is COc1ccc(F)cc1C1CNc2ccccc2C1. The Bertz CT molecular complexity index is 597. The van der Waals surface area contributed by atoms with Crippen molar-refractivity contribution in [3.63, 3.8) is 0 Å². The fourth-order valence-corrected chi connectivity index (χ4v) is 2.69. The third-order valence-corrected chi connectivity index (χ3v) is 3.65. The number of hydrogen-bond acceptors (Lipinski definition) is 2. The molecule has 0 saturated carbocycles. The minimum absolute atomic E-state index is 0.213. The van der Waals surface area contributed by atoms with E-state index in [0.29, 0.717) is 0 Å². The van der Waals surface area contributed by atoms with Crippen LogP contribution in [0.4, 0.5) is 10.1 Å². The number of ether oxygens (including phenoxy) is 1. The van der Waals surface area contributed by atoms with Gasteiger partial charge in [-0.2, -0.15) is 0 Å². The van der Waals surface area contributed by atoms with Crippen LogP contribution in [-0.4, -0.2) is 13.7 Å². The van der Waals surface area contributed by atoms with E-state index < -0.39 is 0 Å². The first-order chi connectivity index (χ1) is 9.28. The second kappa shape index (κ2) is 4.92. The van der Waals surface area contributed by atoms with Crippen LogP contribution < -0.4 is 10.1 Å². The smallest absolute Gasteiger partial charge is 0.123 e. The highest BCUT2D eigenvalue weighted by Crippen LogP contribution is 2.35. The first kappa shape index (κ1) is 12.0. The Hall–Kier alpha value is -2.03. The van der Waals surface area contributed by atoms with Gasteiger partial charge in [-0.15, -0.1) is 0 Å². The predicted molar refractivity (Wildman–Crippen MR) is 74.3 cm³/mol. The van der Waals surface area contributed by atoms with Gasteiger partial charge in [-0.3, -0.25) is 0 Å². The molecule has 0 aromatic heterocycles. The van der Waals surface area contributed by atoms with E-state index in [4.69, 9.17) is 4.74 Å². The van der Waals surface area contributed by atoms with Gasteiger partial charge in [0.2, 0.25) is 0 Å². The highest BCUT2D eigenvalue weighted by atomic mass is 19.1. The van der Waals surface area contributed by atoms with Crippen molar-refractivity contribution in [2.45, 2.75) is 12.3 Å². The Morgan fingerprint density at radius 1 is 1.21 bits per heavy atom. The van der Waals surface area contributed by atoms with Gasteiger partial charge in [0.15, 0.2) is 0 Å². The number of para-hydroxylation sites is 1.